The van der Waals surface area contributed by atoms with Gasteiger partial charge in [0, 0.05) is 11.9 Å². The van der Waals surface area contributed by atoms with Crippen LogP contribution in [0.5, 0.6) is 0 Å². The van der Waals surface area contributed by atoms with Gasteiger partial charge < -0.3 is 4.57 Å². The van der Waals surface area contributed by atoms with Crippen LogP contribution < -0.4 is 10.2 Å². The summed E-state index contributed by atoms with van der Waals surface area (Å²) in [6, 6.07) is 8.51. The Morgan fingerprint density at radius 1 is 1.20 bits per heavy atom. The number of carbonyl (C=O) groups excluding carboxylic acids is 1. The van der Waals surface area contributed by atoms with Gasteiger partial charge in [0.05, 0.1) is 11.1 Å². The standard InChI is InChI=1S/C24H29N3OS.BrH/c1-3-8-27-21(20-6-4-16(2)5-7-20)15-29-23(27)26-25-22(28)24-12-17-9-18(13-24)11-19(10-17)14-24;/h3-7,15,17-19H,1,8-14H2,2H3,(H,25,28);1H. The Labute approximate surface area is 192 Å². The highest BCUT2D eigenvalue weighted by Gasteiger charge is 2.54. The van der Waals surface area contributed by atoms with Crippen molar-refractivity contribution in [1.82, 2.24) is 9.99 Å². The van der Waals surface area contributed by atoms with Gasteiger partial charge in [-0.2, -0.15) is 0 Å². The molecule has 6 heteroatoms. The molecule has 0 atom stereocenters. The number of benzene rings is 1. The molecule has 4 saturated carbocycles. The van der Waals surface area contributed by atoms with Gasteiger partial charge in [0.25, 0.3) is 0 Å². The summed E-state index contributed by atoms with van der Waals surface area (Å²) in [5.74, 6) is 2.42. The minimum absolute atomic E-state index is 0. The molecular formula is C24H30BrN3OS. The molecule has 4 fully saturated rings. The number of aromatic nitrogens is 1. The molecule has 1 aromatic heterocycles. The van der Waals surface area contributed by atoms with Gasteiger partial charge >= 0.3 is 0 Å². The Bertz CT molecular complexity index is 969. The van der Waals surface area contributed by atoms with Gasteiger partial charge in [-0.15, -0.1) is 40.0 Å². The second-order valence-electron chi connectivity index (χ2n) is 9.42. The topological polar surface area (TPSA) is 46.4 Å². The molecule has 6 rings (SSSR count). The van der Waals surface area contributed by atoms with Crippen LogP contribution in [0.4, 0.5) is 0 Å². The van der Waals surface area contributed by atoms with Crippen LogP contribution >= 0.6 is 28.3 Å². The number of allylic oxidation sites excluding steroid dienone is 1. The molecule has 0 unspecified atom stereocenters. The van der Waals surface area contributed by atoms with Gasteiger partial charge in [0.1, 0.15) is 0 Å². The average molecular weight is 488 g/mol. The largest absolute Gasteiger partial charge is 0.311 e. The van der Waals surface area contributed by atoms with Gasteiger partial charge in [-0.1, -0.05) is 35.9 Å². The van der Waals surface area contributed by atoms with E-state index in [2.05, 4.69) is 58.2 Å². The van der Waals surface area contributed by atoms with E-state index >= 15 is 0 Å². The summed E-state index contributed by atoms with van der Waals surface area (Å²) < 4.78 is 2.13. The van der Waals surface area contributed by atoms with E-state index in [1.54, 1.807) is 11.3 Å². The maximum atomic E-state index is 13.2. The highest BCUT2D eigenvalue weighted by molar-refractivity contribution is 8.93. The minimum atomic E-state index is -0.168. The predicted molar refractivity (Wildman–Crippen MR) is 127 cm³/mol. The van der Waals surface area contributed by atoms with Crippen molar-refractivity contribution in [1.29, 1.82) is 0 Å². The maximum absolute atomic E-state index is 13.2. The fraction of sp³-hybridized carbons (Fsp3) is 0.500. The molecule has 4 aliphatic carbocycles. The Morgan fingerprint density at radius 2 is 1.80 bits per heavy atom. The normalized spacial score (nSPS) is 29.5. The van der Waals surface area contributed by atoms with Crippen molar-refractivity contribution >= 4 is 34.2 Å². The zero-order chi connectivity index (χ0) is 20.0. The lowest BCUT2D eigenvalue weighted by atomic mass is 9.49. The zero-order valence-corrected chi connectivity index (χ0v) is 20.0. The van der Waals surface area contributed by atoms with E-state index in [0.29, 0.717) is 6.54 Å². The summed E-state index contributed by atoms with van der Waals surface area (Å²) in [6.45, 7) is 6.66. The van der Waals surface area contributed by atoms with Crippen LogP contribution in [0.2, 0.25) is 0 Å². The Kier molecular flexibility index (Phi) is 6.08. The molecular weight excluding hydrogens is 458 g/mol. The molecule has 4 nitrogen and oxygen atoms in total. The summed E-state index contributed by atoms with van der Waals surface area (Å²) >= 11 is 1.57. The number of thiazole rings is 1. The van der Waals surface area contributed by atoms with Crippen LogP contribution in [0.3, 0.4) is 0 Å². The average Bonchev–Trinajstić information content (AvgIpc) is 3.08. The predicted octanol–water partition coefficient (Wildman–Crippen LogP) is 5.44. The second-order valence-corrected chi connectivity index (χ2v) is 10.3. The van der Waals surface area contributed by atoms with E-state index in [-0.39, 0.29) is 28.3 Å². The van der Waals surface area contributed by atoms with Crippen molar-refractivity contribution in [3.8, 4) is 11.3 Å². The lowest BCUT2D eigenvalue weighted by Crippen LogP contribution is -2.53. The highest BCUT2D eigenvalue weighted by atomic mass is 79.9. The summed E-state index contributed by atoms with van der Waals surface area (Å²) in [5.41, 5.74) is 6.31. The third-order valence-corrected chi connectivity index (χ3v) is 8.09. The van der Waals surface area contributed by atoms with E-state index < -0.39 is 0 Å². The molecule has 1 N–H and O–H groups in total. The van der Waals surface area contributed by atoms with Crippen LogP contribution in [-0.4, -0.2) is 10.5 Å². The summed E-state index contributed by atoms with van der Waals surface area (Å²) in [7, 11) is 0. The smallest absolute Gasteiger partial charge is 0.246 e. The number of halogens is 1. The quantitative estimate of drug-likeness (QED) is 0.442. The van der Waals surface area contributed by atoms with Crippen molar-refractivity contribution in [2.45, 2.75) is 52.0 Å². The van der Waals surface area contributed by atoms with Gasteiger partial charge in [0.15, 0.2) is 0 Å². The first kappa shape index (κ1) is 21.6. The SMILES string of the molecule is Br.C=CCn1c(-c2ccc(C)cc2)csc1=NNC(=O)C12CC3CC(CC(C3)C1)C2. The number of hydrogen-bond donors (Lipinski definition) is 1. The van der Waals surface area contributed by atoms with E-state index in [4.69, 9.17) is 0 Å². The molecule has 4 aliphatic rings. The number of nitrogens with one attached hydrogen (secondary N) is 1. The fourth-order valence-electron chi connectivity index (χ4n) is 6.29. The van der Waals surface area contributed by atoms with Crippen molar-refractivity contribution in [3.63, 3.8) is 0 Å². The molecule has 1 amide bonds. The van der Waals surface area contributed by atoms with Gasteiger partial charge in [0.2, 0.25) is 10.7 Å². The van der Waals surface area contributed by atoms with E-state index in [1.165, 1.54) is 24.8 Å². The molecule has 0 aliphatic heterocycles. The molecule has 30 heavy (non-hydrogen) atoms. The van der Waals surface area contributed by atoms with Crippen LogP contribution in [0.25, 0.3) is 11.3 Å². The van der Waals surface area contributed by atoms with Gasteiger partial charge in [-0.25, -0.2) is 5.43 Å². The molecule has 2 aromatic rings. The number of hydrogen-bond acceptors (Lipinski definition) is 3. The first-order valence-electron chi connectivity index (χ1n) is 10.8. The second kappa shape index (κ2) is 8.46. The summed E-state index contributed by atoms with van der Waals surface area (Å²) in [4.78, 5) is 14.0. The molecule has 0 spiro atoms. The third-order valence-electron chi connectivity index (χ3n) is 7.23. The van der Waals surface area contributed by atoms with Crippen molar-refractivity contribution in [2.24, 2.45) is 28.3 Å². The Hall–Kier alpha value is -1.66. The molecule has 0 saturated heterocycles. The maximum Gasteiger partial charge on any atom is 0.246 e. The van der Waals surface area contributed by atoms with Crippen LogP contribution in [0.1, 0.15) is 44.1 Å². The van der Waals surface area contributed by atoms with E-state index in [9.17, 15) is 4.79 Å². The molecule has 0 radical (unpaired) electrons. The number of amides is 1. The number of aryl methyl sites for hydroxylation is 1. The first-order valence-corrected chi connectivity index (χ1v) is 11.6. The lowest BCUT2D eigenvalue weighted by Gasteiger charge is -2.55. The molecule has 4 bridgehead atoms. The minimum Gasteiger partial charge on any atom is -0.311 e. The van der Waals surface area contributed by atoms with Crippen molar-refractivity contribution in [2.75, 3.05) is 0 Å². The van der Waals surface area contributed by atoms with Crippen molar-refractivity contribution in [3.05, 3.63) is 52.7 Å². The monoisotopic (exact) mass is 487 g/mol. The number of nitrogens with zero attached hydrogens (tertiary/aromatic N) is 2. The highest BCUT2D eigenvalue weighted by Crippen LogP contribution is 2.60. The number of rotatable bonds is 5. The van der Waals surface area contributed by atoms with Crippen LogP contribution in [0, 0.1) is 30.1 Å². The fourth-order valence-corrected chi connectivity index (χ4v) is 7.16. The van der Waals surface area contributed by atoms with Crippen molar-refractivity contribution < 1.29 is 4.79 Å². The van der Waals surface area contributed by atoms with Gasteiger partial charge in [-0.05, 0) is 68.8 Å². The van der Waals surface area contributed by atoms with Crippen LogP contribution in [-0.2, 0) is 11.3 Å². The number of carbonyl (C=O) groups is 1. The summed E-state index contributed by atoms with van der Waals surface area (Å²) in [5, 5.41) is 6.69. The molecule has 160 valence electrons. The van der Waals surface area contributed by atoms with E-state index in [0.717, 1.165) is 53.1 Å². The van der Waals surface area contributed by atoms with Crippen LogP contribution in [0.15, 0.2) is 47.4 Å². The molecule has 1 heterocycles. The van der Waals surface area contributed by atoms with E-state index in [1.807, 2.05) is 6.08 Å². The first-order chi connectivity index (χ1) is 14.1. The third kappa shape index (κ3) is 3.84. The Morgan fingerprint density at radius 3 is 2.37 bits per heavy atom. The zero-order valence-electron chi connectivity index (χ0n) is 17.5. The van der Waals surface area contributed by atoms with Gasteiger partial charge in [-0.3, -0.25) is 4.79 Å². The lowest BCUT2D eigenvalue weighted by molar-refractivity contribution is -0.146. The summed E-state index contributed by atoms with van der Waals surface area (Å²) in [6.07, 6.45) is 9.09. The Balaban J connectivity index is 0.00000218. The molecule has 1 aromatic carbocycles.